The Labute approximate surface area is 59.4 Å². The molecule has 9 heavy (non-hydrogen) atoms. The van der Waals surface area contributed by atoms with Crippen LogP contribution in [0.4, 0.5) is 0 Å². The molecule has 0 amide bonds. The van der Waals surface area contributed by atoms with E-state index < -0.39 is 0 Å². The zero-order valence-corrected chi connectivity index (χ0v) is 6.46. The van der Waals surface area contributed by atoms with E-state index in [4.69, 9.17) is 5.73 Å². The maximum atomic E-state index is 5.21. The number of rotatable bonds is 0. The van der Waals surface area contributed by atoms with Crippen molar-refractivity contribution >= 4 is 16.9 Å². The Morgan fingerprint density at radius 2 is 2.22 bits per heavy atom. The predicted molar refractivity (Wildman–Crippen MR) is 42.8 cm³/mol. The first-order valence-electron chi connectivity index (χ1n) is 2.75. The second-order valence-corrected chi connectivity index (χ2v) is 2.20. The van der Waals surface area contributed by atoms with E-state index in [2.05, 4.69) is 17.1 Å². The molecule has 0 aromatic carbocycles. The molecule has 0 aliphatic carbocycles. The summed E-state index contributed by atoms with van der Waals surface area (Å²) < 4.78 is 0. The first-order valence-corrected chi connectivity index (χ1v) is 3.56. The molecule has 0 unspecified atom stereocenters. The van der Waals surface area contributed by atoms with Crippen LogP contribution in [0.5, 0.6) is 0 Å². The second-order valence-electron chi connectivity index (χ2n) is 1.09. The monoisotopic (exact) mass is 145 g/mol. The number of hydrogen-bond acceptors (Lipinski definition) is 4. The van der Waals surface area contributed by atoms with Crippen molar-refractivity contribution < 1.29 is 0 Å². The first-order chi connectivity index (χ1) is 4.29. The van der Waals surface area contributed by atoms with E-state index in [1.54, 1.807) is 0 Å². The topological polar surface area (TPSA) is 50.4 Å². The summed E-state index contributed by atoms with van der Waals surface area (Å²) in [5.41, 5.74) is 7.82. The predicted octanol–water partition coefficient (Wildman–Crippen LogP) is 1.05. The van der Waals surface area contributed by atoms with Crippen molar-refractivity contribution in [1.29, 1.82) is 0 Å². The van der Waals surface area contributed by atoms with Gasteiger partial charge < -0.3 is 5.73 Å². The van der Waals surface area contributed by atoms with Crippen LogP contribution >= 0.6 is 11.8 Å². The zero-order chi connectivity index (χ0) is 7.28. The Balaban J connectivity index is 0.000000291. The number of thioether (sulfide) groups is 1. The van der Waals surface area contributed by atoms with Crippen LogP contribution in [-0.4, -0.2) is 5.17 Å². The highest BCUT2D eigenvalue weighted by Gasteiger charge is 2.03. The van der Waals surface area contributed by atoms with Crippen molar-refractivity contribution in [3.63, 3.8) is 0 Å². The molecule has 1 rings (SSSR count). The van der Waals surface area contributed by atoms with Crippen LogP contribution in [0, 0.1) is 0 Å². The number of nitrogens with zero attached hydrogens (tertiary/aromatic N) is 1. The number of nitrogens with one attached hydrogen (secondary N) is 1. The van der Waals surface area contributed by atoms with E-state index in [-0.39, 0.29) is 0 Å². The van der Waals surface area contributed by atoms with Crippen molar-refractivity contribution in [3.05, 3.63) is 11.6 Å². The number of nitrogens with two attached hydrogens (primary N) is 1. The minimum absolute atomic E-state index is 0.532. The molecule has 1 aliphatic rings. The smallest absolute Gasteiger partial charge is 0.184 e. The highest BCUT2D eigenvalue weighted by molar-refractivity contribution is 8.17. The minimum atomic E-state index is 0.532. The molecule has 3 nitrogen and oxygen atoms in total. The fourth-order valence-electron chi connectivity index (χ4n) is 0.289. The molecule has 1 heterocycles. The summed E-state index contributed by atoms with van der Waals surface area (Å²) >= 11 is 1.34. The van der Waals surface area contributed by atoms with Gasteiger partial charge in [-0.25, -0.2) is 0 Å². The molecular weight excluding hydrogens is 134 g/mol. The molecule has 0 saturated carbocycles. The van der Waals surface area contributed by atoms with E-state index >= 15 is 0 Å². The molecule has 4 heteroatoms. The normalized spacial score (nSPS) is 15.3. The Hall–Kier alpha value is -0.640. The fraction of sp³-hybridized carbons (Fsp3) is 0.400. The van der Waals surface area contributed by atoms with Gasteiger partial charge in [-0.2, -0.15) is 0 Å². The van der Waals surface area contributed by atoms with Crippen LogP contribution in [0.2, 0.25) is 0 Å². The molecule has 1 aliphatic heterocycles. The van der Waals surface area contributed by atoms with Gasteiger partial charge >= 0.3 is 0 Å². The Morgan fingerprint density at radius 1 is 1.67 bits per heavy atom. The van der Waals surface area contributed by atoms with E-state index in [0.29, 0.717) is 5.17 Å². The van der Waals surface area contributed by atoms with E-state index in [9.17, 15) is 0 Å². The van der Waals surface area contributed by atoms with Crippen molar-refractivity contribution in [2.45, 2.75) is 13.8 Å². The van der Waals surface area contributed by atoms with Crippen molar-refractivity contribution in [2.75, 3.05) is 0 Å². The Morgan fingerprint density at radius 3 is 2.33 bits per heavy atom. The number of hydrogen-bond donors (Lipinski definition) is 2. The van der Waals surface area contributed by atoms with E-state index in [1.807, 2.05) is 13.8 Å². The quantitative estimate of drug-likeness (QED) is 0.535. The van der Waals surface area contributed by atoms with Crippen LogP contribution in [0.15, 0.2) is 16.7 Å². The minimum Gasteiger partial charge on any atom is -0.377 e. The Bertz CT molecular complexity index is 130. The highest BCUT2D eigenvalue weighted by Crippen LogP contribution is 2.14. The van der Waals surface area contributed by atoms with Gasteiger partial charge in [0.2, 0.25) is 0 Å². The van der Waals surface area contributed by atoms with Crippen molar-refractivity contribution in [2.24, 2.45) is 10.8 Å². The van der Waals surface area contributed by atoms with Crippen molar-refractivity contribution in [3.8, 4) is 0 Å². The lowest BCUT2D eigenvalue weighted by atomic mass is 11.0. The van der Waals surface area contributed by atoms with E-state index in [1.165, 1.54) is 11.8 Å². The van der Waals surface area contributed by atoms with Gasteiger partial charge in [0.1, 0.15) is 0 Å². The molecule has 0 aromatic rings. The standard InChI is InChI=1S/C3H5N3S.C2H6/c1-2-5-6-3(4)7-2;1-2/h5H,1H2,(H2,4,6);1-2H3. The summed E-state index contributed by atoms with van der Waals surface area (Å²) in [5.74, 6) is 0. The van der Waals surface area contributed by atoms with Gasteiger partial charge in [-0.15, -0.1) is 5.10 Å². The third kappa shape index (κ3) is 3.03. The SMILES string of the molecule is C=C1NN=C(N)S1.CC. The van der Waals surface area contributed by atoms with Gasteiger partial charge in [0.15, 0.2) is 5.17 Å². The number of hydrazone groups is 1. The second kappa shape index (κ2) is 4.26. The van der Waals surface area contributed by atoms with Gasteiger partial charge in [0, 0.05) is 0 Å². The maximum Gasteiger partial charge on any atom is 0.184 e. The molecule has 0 atom stereocenters. The third-order valence-corrected chi connectivity index (χ3v) is 1.16. The molecule has 52 valence electrons. The maximum absolute atomic E-state index is 5.21. The third-order valence-electron chi connectivity index (χ3n) is 0.519. The van der Waals surface area contributed by atoms with Gasteiger partial charge in [0.25, 0.3) is 0 Å². The number of amidine groups is 1. The lowest BCUT2D eigenvalue weighted by Gasteiger charge is -1.83. The molecule has 0 bridgehead atoms. The molecular formula is C5H11N3S. The van der Waals surface area contributed by atoms with Crippen LogP contribution < -0.4 is 11.2 Å². The molecule has 0 saturated heterocycles. The summed E-state index contributed by atoms with van der Waals surface area (Å²) in [4.78, 5) is 0. The molecule has 0 fully saturated rings. The molecule has 0 spiro atoms. The molecule has 3 N–H and O–H groups in total. The summed E-state index contributed by atoms with van der Waals surface area (Å²) in [7, 11) is 0. The zero-order valence-electron chi connectivity index (χ0n) is 5.64. The highest BCUT2D eigenvalue weighted by atomic mass is 32.2. The van der Waals surface area contributed by atoms with E-state index in [0.717, 1.165) is 5.03 Å². The summed E-state index contributed by atoms with van der Waals surface area (Å²) in [6.07, 6.45) is 0. The van der Waals surface area contributed by atoms with Crippen LogP contribution in [0.3, 0.4) is 0 Å². The first kappa shape index (κ1) is 8.36. The van der Waals surface area contributed by atoms with Crippen molar-refractivity contribution in [1.82, 2.24) is 5.43 Å². The summed E-state index contributed by atoms with van der Waals surface area (Å²) in [6, 6.07) is 0. The lowest BCUT2D eigenvalue weighted by molar-refractivity contribution is 0.970. The average molecular weight is 145 g/mol. The van der Waals surface area contributed by atoms with Crippen LogP contribution in [-0.2, 0) is 0 Å². The van der Waals surface area contributed by atoms with Gasteiger partial charge in [-0.3, -0.25) is 5.43 Å². The Kier molecular flexibility index (Phi) is 3.96. The summed E-state index contributed by atoms with van der Waals surface area (Å²) in [5, 5.41) is 4.95. The van der Waals surface area contributed by atoms with Gasteiger partial charge in [-0.1, -0.05) is 20.4 Å². The van der Waals surface area contributed by atoms with Crippen LogP contribution in [0.1, 0.15) is 13.8 Å². The summed E-state index contributed by atoms with van der Waals surface area (Å²) in [6.45, 7) is 7.56. The largest absolute Gasteiger partial charge is 0.377 e. The van der Waals surface area contributed by atoms with Gasteiger partial charge in [0.05, 0.1) is 5.03 Å². The molecule has 0 radical (unpaired) electrons. The fourth-order valence-corrected chi connectivity index (χ4v) is 0.724. The molecule has 0 aromatic heterocycles. The lowest BCUT2D eigenvalue weighted by Crippen LogP contribution is -2.01. The van der Waals surface area contributed by atoms with Crippen LogP contribution in [0.25, 0.3) is 0 Å². The van der Waals surface area contributed by atoms with Gasteiger partial charge in [-0.05, 0) is 11.8 Å². The average Bonchev–Trinajstić information content (AvgIpc) is 2.20.